The molecule has 0 heterocycles. The molecule has 0 saturated carbocycles. The second-order valence-corrected chi connectivity index (χ2v) is 5.05. The number of hydrogen-bond donors (Lipinski definition) is 3. The first-order chi connectivity index (χ1) is 10.2. The number of aryl methyl sites for hydroxylation is 1. The number of hydroxylamine groups is 1. The summed E-state index contributed by atoms with van der Waals surface area (Å²) >= 11 is 0. The van der Waals surface area contributed by atoms with E-state index in [4.69, 9.17) is 5.21 Å². The lowest BCUT2D eigenvalue weighted by Gasteiger charge is -2.06. The molecule has 5 heteroatoms. The minimum atomic E-state index is -0.369. The van der Waals surface area contributed by atoms with Gasteiger partial charge >= 0.3 is 0 Å². The Kier molecular flexibility index (Phi) is 8.12. The maximum absolute atomic E-state index is 11.9. The van der Waals surface area contributed by atoms with Gasteiger partial charge in [-0.05, 0) is 37.0 Å². The molecular weight excluding hydrogens is 268 g/mol. The summed E-state index contributed by atoms with van der Waals surface area (Å²) in [5.74, 6) is -0.433. The van der Waals surface area contributed by atoms with Crippen LogP contribution in [0.2, 0.25) is 0 Å². The van der Waals surface area contributed by atoms with Crippen LogP contribution in [0.15, 0.2) is 24.3 Å². The van der Waals surface area contributed by atoms with Gasteiger partial charge in [0.05, 0.1) is 0 Å². The SMILES string of the molecule is CCCc1ccc(C(=O)NCCCCCC(=O)NO)cc1. The van der Waals surface area contributed by atoms with Gasteiger partial charge in [-0.1, -0.05) is 31.9 Å². The second kappa shape index (κ2) is 9.94. The van der Waals surface area contributed by atoms with Gasteiger partial charge in [0, 0.05) is 18.5 Å². The molecule has 0 aliphatic rings. The summed E-state index contributed by atoms with van der Waals surface area (Å²) < 4.78 is 0. The number of amides is 2. The highest BCUT2D eigenvalue weighted by Gasteiger charge is 2.04. The number of carbonyl (C=O) groups excluding carboxylic acids is 2. The molecule has 0 radical (unpaired) electrons. The third kappa shape index (κ3) is 6.90. The largest absolute Gasteiger partial charge is 0.352 e. The molecule has 1 rings (SSSR count). The molecule has 0 saturated heterocycles. The van der Waals surface area contributed by atoms with Gasteiger partial charge in [0.25, 0.3) is 5.91 Å². The van der Waals surface area contributed by atoms with Gasteiger partial charge in [-0.15, -0.1) is 0 Å². The van der Waals surface area contributed by atoms with Gasteiger partial charge in [0.2, 0.25) is 5.91 Å². The van der Waals surface area contributed by atoms with Crippen molar-refractivity contribution in [3.63, 3.8) is 0 Å². The van der Waals surface area contributed by atoms with E-state index in [-0.39, 0.29) is 11.8 Å². The quantitative estimate of drug-likeness (QED) is 0.371. The lowest BCUT2D eigenvalue weighted by molar-refractivity contribution is -0.129. The first-order valence-corrected chi connectivity index (χ1v) is 7.47. The summed E-state index contributed by atoms with van der Waals surface area (Å²) in [6, 6.07) is 7.69. The summed E-state index contributed by atoms with van der Waals surface area (Å²) in [5, 5.41) is 11.2. The Morgan fingerprint density at radius 2 is 1.81 bits per heavy atom. The highest BCUT2D eigenvalue weighted by atomic mass is 16.5. The highest BCUT2D eigenvalue weighted by Crippen LogP contribution is 2.07. The number of rotatable bonds is 9. The third-order valence-electron chi connectivity index (χ3n) is 3.25. The number of benzene rings is 1. The normalized spacial score (nSPS) is 10.2. The van der Waals surface area contributed by atoms with Gasteiger partial charge in [-0.2, -0.15) is 0 Å². The van der Waals surface area contributed by atoms with Gasteiger partial charge in [0.1, 0.15) is 0 Å². The van der Waals surface area contributed by atoms with E-state index in [1.54, 1.807) is 5.48 Å². The van der Waals surface area contributed by atoms with Crippen LogP contribution in [0.4, 0.5) is 0 Å². The predicted molar refractivity (Wildman–Crippen MR) is 81.2 cm³/mol. The molecule has 0 atom stereocenters. The lowest BCUT2D eigenvalue weighted by atomic mass is 10.1. The van der Waals surface area contributed by atoms with Crippen LogP contribution in [0.5, 0.6) is 0 Å². The van der Waals surface area contributed by atoms with Crippen LogP contribution in [0, 0.1) is 0 Å². The molecule has 0 aliphatic heterocycles. The Morgan fingerprint density at radius 1 is 1.10 bits per heavy atom. The molecule has 1 aromatic carbocycles. The van der Waals surface area contributed by atoms with E-state index >= 15 is 0 Å². The van der Waals surface area contributed by atoms with Crippen molar-refractivity contribution in [1.82, 2.24) is 10.8 Å². The zero-order valence-corrected chi connectivity index (χ0v) is 12.5. The van der Waals surface area contributed by atoms with Crippen LogP contribution in [0.3, 0.4) is 0 Å². The van der Waals surface area contributed by atoms with Crippen molar-refractivity contribution >= 4 is 11.8 Å². The Bertz CT molecular complexity index is 443. The van der Waals surface area contributed by atoms with E-state index in [0.29, 0.717) is 24.9 Å². The molecule has 0 spiro atoms. The molecule has 1 aromatic rings. The van der Waals surface area contributed by atoms with E-state index in [2.05, 4.69) is 12.2 Å². The first kappa shape index (κ1) is 17.2. The standard InChI is InChI=1S/C16H24N2O3/c1-2-6-13-8-10-14(11-9-13)16(20)17-12-5-3-4-7-15(19)18-21/h8-11,21H,2-7,12H2,1H3,(H,17,20)(H,18,19). The lowest BCUT2D eigenvalue weighted by Crippen LogP contribution is -2.24. The maximum Gasteiger partial charge on any atom is 0.251 e. The Morgan fingerprint density at radius 3 is 2.43 bits per heavy atom. The maximum atomic E-state index is 11.9. The molecule has 0 aliphatic carbocycles. The van der Waals surface area contributed by atoms with Crippen LogP contribution in [-0.4, -0.2) is 23.6 Å². The molecule has 3 N–H and O–H groups in total. The summed E-state index contributed by atoms with van der Waals surface area (Å²) in [4.78, 5) is 22.7. The fraction of sp³-hybridized carbons (Fsp3) is 0.500. The Hall–Kier alpha value is -1.88. The fourth-order valence-corrected chi connectivity index (χ4v) is 2.06. The molecular formula is C16H24N2O3. The molecule has 116 valence electrons. The average Bonchev–Trinajstić information content (AvgIpc) is 2.51. The van der Waals surface area contributed by atoms with Crippen LogP contribution < -0.4 is 10.8 Å². The topological polar surface area (TPSA) is 78.4 Å². The predicted octanol–water partition coefficient (Wildman–Crippen LogP) is 2.43. The van der Waals surface area contributed by atoms with Gasteiger partial charge < -0.3 is 5.32 Å². The summed E-state index contributed by atoms with van der Waals surface area (Å²) in [7, 11) is 0. The fourth-order valence-electron chi connectivity index (χ4n) is 2.06. The van der Waals surface area contributed by atoms with Crippen LogP contribution in [-0.2, 0) is 11.2 Å². The molecule has 21 heavy (non-hydrogen) atoms. The minimum absolute atomic E-state index is 0.0638. The second-order valence-electron chi connectivity index (χ2n) is 5.05. The first-order valence-electron chi connectivity index (χ1n) is 7.47. The van der Waals surface area contributed by atoms with Crippen LogP contribution in [0.1, 0.15) is 54.9 Å². The van der Waals surface area contributed by atoms with E-state index < -0.39 is 0 Å². The van der Waals surface area contributed by atoms with Crippen molar-refractivity contribution in [2.45, 2.75) is 45.4 Å². The monoisotopic (exact) mass is 292 g/mol. The van der Waals surface area contributed by atoms with Crippen molar-refractivity contribution in [2.24, 2.45) is 0 Å². The molecule has 0 unspecified atom stereocenters. The van der Waals surface area contributed by atoms with Gasteiger partial charge in [0.15, 0.2) is 0 Å². The zero-order chi connectivity index (χ0) is 15.5. The molecule has 5 nitrogen and oxygen atoms in total. The van der Waals surface area contributed by atoms with Crippen molar-refractivity contribution in [3.8, 4) is 0 Å². The summed E-state index contributed by atoms with van der Waals surface area (Å²) in [6.45, 7) is 2.72. The van der Waals surface area contributed by atoms with Crippen LogP contribution in [0.25, 0.3) is 0 Å². The van der Waals surface area contributed by atoms with E-state index in [9.17, 15) is 9.59 Å². The number of nitrogens with one attached hydrogen (secondary N) is 2. The van der Waals surface area contributed by atoms with Crippen molar-refractivity contribution in [1.29, 1.82) is 0 Å². The van der Waals surface area contributed by atoms with Gasteiger partial charge in [-0.3, -0.25) is 14.8 Å². The Balaban J connectivity index is 2.20. The van der Waals surface area contributed by atoms with E-state index in [1.165, 1.54) is 5.56 Å². The van der Waals surface area contributed by atoms with Gasteiger partial charge in [-0.25, -0.2) is 5.48 Å². The van der Waals surface area contributed by atoms with E-state index in [1.807, 2.05) is 24.3 Å². The summed E-state index contributed by atoms with van der Waals surface area (Å²) in [6.07, 6.45) is 4.79. The van der Waals surface area contributed by atoms with Crippen molar-refractivity contribution in [3.05, 3.63) is 35.4 Å². The molecule has 0 bridgehead atoms. The molecule has 2 amide bonds. The molecule has 0 fully saturated rings. The Labute approximate surface area is 125 Å². The van der Waals surface area contributed by atoms with Crippen LogP contribution >= 0.6 is 0 Å². The van der Waals surface area contributed by atoms with Crippen molar-refractivity contribution < 1.29 is 14.8 Å². The number of hydrogen-bond acceptors (Lipinski definition) is 3. The summed E-state index contributed by atoms with van der Waals surface area (Å²) in [5.41, 5.74) is 3.52. The number of unbranched alkanes of at least 4 members (excludes halogenated alkanes) is 2. The van der Waals surface area contributed by atoms with Crippen molar-refractivity contribution in [2.75, 3.05) is 6.54 Å². The number of carbonyl (C=O) groups is 2. The molecule has 0 aromatic heterocycles. The highest BCUT2D eigenvalue weighted by molar-refractivity contribution is 5.94. The average molecular weight is 292 g/mol. The van der Waals surface area contributed by atoms with E-state index in [0.717, 1.165) is 25.7 Å². The third-order valence-corrected chi connectivity index (χ3v) is 3.25. The minimum Gasteiger partial charge on any atom is -0.352 e. The smallest absolute Gasteiger partial charge is 0.251 e. The zero-order valence-electron chi connectivity index (χ0n) is 12.5.